The number of halogens is 9. The van der Waals surface area contributed by atoms with Crippen LogP contribution in [0.15, 0.2) is 30.6 Å². The molecule has 0 fully saturated rings. The molecule has 3 aromatic rings. The number of nitrogens with two attached hydrogens (primary N) is 1. The van der Waals surface area contributed by atoms with E-state index in [0.29, 0.717) is 19.2 Å². The van der Waals surface area contributed by atoms with Crippen LogP contribution in [0.4, 0.5) is 45.3 Å². The van der Waals surface area contributed by atoms with Gasteiger partial charge in [0.05, 0.1) is 11.9 Å². The molecule has 0 spiro atoms. The van der Waals surface area contributed by atoms with Gasteiger partial charge in [0.1, 0.15) is 6.54 Å². The van der Waals surface area contributed by atoms with Crippen molar-refractivity contribution >= 4 is 23.3 Å². The second-order valence-electron chi connectivity index (χ2n) is 8.17. The molecule has 1 amide bonds. The number of benzene rings is 1. The van der Waals surface area contributed by atoms with Crippen LogP contribution in [0, 0.1) is 6.92 Å². The number of alkyl halides is 9. The molecule has 0 aliphatic carbocycles. The number of amides is 1. The minimum absolute atomic E-state index is 0.168. The Bertz CT molecular complexity index is 1430. The van der Waals surface area contributed by atoms with E-state index in [0.717, 1.165) is 22.7 Å². The highest BCUT2D eigenvalue weighted by Crippen LogP contribution is 2.42. The van der Waals surface area contributed by atoms with Crippen LogP contribution in [0.5, 0.6) is 0 Å². The van der Waals surface area contributed by atoms with Gasteiger partial charge in [-0.2, -0.15) is 44.6 Å². The molecule has 0 saturated carbocycles. The number of hydroxylamine groups is 2. The molecule has 2 aromatic heterocycles. The lowest BCUT2D eigenvalue weighted by Crippen LogP contribution is -2.53. The number of fused-ring (bicyclic) bond motifs is 1. The van der Waals surface area contributed by atoms with Crippen molar-refractivity contribution in [1.29, 1.82) is 0 Å². The number of imidazole rings is 1. The minimum Gasteiger partial charge on any atom is -0.381 e. The van der Waals surface area contributed by atoms with E-state index in [-0.39, 0.29) is 22.5 Å². The summed E-state index contributed by atoms with van der Waals surface area (Å²) in [6.07, 6.45) is -14.9. The molecule has 0 radical (unpaired) electrons. The van der Waals surface area contributed by atoms with E-state index in [1.54, 1.807) is 0 Å². The molecule has 212 valence electrons. The van der Waals surface area contributed by atoms with Crippen molar-refractivity contribution in [1.82, 2.24) is 19.4 Å². The Kier molecular flexibility index (Phi) is 7.24. The average molecular weight is 573 g/mol. The normalized spacial score (nSPS) is 14.3. The summed E-state index contributed by atoms with van der Waals surface area (Å²) in [7, 11) is 0. The minimum atomic E-state index is -5.68. The molecule has 0 aliphatic rings. The third-order valence-corrected chi connectivity index (χ3v) is 5.42. The first-order valence-corrected chi connectivity index (χ1v) is 10.4. The monoisotopic (exact) mass is 573 g/mol. The third kappa shape index (κ3) is 5.69. The van der Waals surface area contributed by atoms with Crippen molar-refractivity contribution in [3.05, 3.63) is 47.4 Å². The van der Waals surface area contributed by atoms with Gasteiger partial charge in [0.25, 0.3) is 5.91 Å². The number of aromatic nitrogens is 3. The lowest BCUT2D eigenvalue weighted by molar-refractivity contribution is -0.293. The maximum atomic E-state index is 14.1. The maximum Gasteiger partial charge on any atom is 0.493 e. The van der Waals surface area contributed by atoms with Gasteiger partial charge in [-0.25, -0.2) is 14.8 Å². The van der Waals surface area contributed by atoms with Crippen LogP contribution < -0.4 is 5.73 Å². The fraction of sp³-hybridized carbons (Fsp3) is 0.333. The number of aliphatic hydroxyl groups is 1. The number of anilines is 1. The van der Waals surface area contributed by atoms with Gasteiger partial charge in [-0.15, -0.1) is 0 Å². The van der Waals surface area contributed by atoms with Crippen LogP contribution in [0.25, 0.3) is 16.9 Å². The highest BCUT2D eigenvalue weighted by Gasteiger charge is 2.57. The van der Waals surface area contributed by atoms with E-state index in [1.165, 1.54) is 6.92 Å². The number of nitrogens with zero attached hydrogens (tertiary/aromatic N) is 4. The fourth-order valence-electron chi connectivity index (χ4n) is 3.42. The molecule has 0 aliphatic heterocycles. The summed E-state index contributed by atoms with van der Waals surface area (Å²) in [5.74, 6) is -5.27. The first-order valence-electron chi connectivity index (χ1n) is 10.4. The standard InChI is InChI=1S/C21H16F9N5O4/c1-9-3-4-11(18(38,21(28,29)30)8-35(10(2)36)39-17(37)20(25,26)27)5-12(9)13-6-32-16-15(31)33-14(7-34(13)16)19(22,23)24/h3-7,38H,8H2,1-2H3,(H2,31,33). The molecule has 1 unspecified atom stereocenters. The van der Waals surface area contributed by atoms with Crippen molar-refractivity contribution in [2.75, 3.05) is 12.3 Å². The van der Waals surface area contributed by atoms with E-state index in [4.69, 9.17) is 5.73 Å². The Labute approximate surface area is 211 Å². The van der Waals surface area contributed by atoms with Crippen molar-refractivity contribution < 1.29 is 59.0 Å². The van der Waals surface area contributed by atoms with Crippen LogP contribution in [0.2, 0.25) is 0 Å². The topological polar surface area (TPSA) is 123 Å². The van der Waals surface area contributed by atoms with Gasteiger partial charge in [-0.05, 0) is 24.1 Å². The van der Waals surface area contributed by atoms with Crippen LogP contribution in [0.3, 0.4) is 0 Å². The second kappa shape index (κ2) is 9.58. The molecule has 0 bridgehead atoms. The Balaban J connectivity index is 2.18. The van der Waals surface area contributed by atoms with Crippen molar-refractivity contribution in [3.8, 4) is 11.3 Å². The largest absolute Gasteiger partial charge is 0.493 e. The number of rotatable bonds is 4. The third-order valence-electron chi connectivity index (χ3n) is 5.42. The second-order valence-corrected chi connectivity index (χ2v) is 8.17. The number of carbonyl (C=O) groups excluding carboxylic acids is 2. The number of aryl methyl sites for hydroxylation is 1. The van der Waals surface area contributed by atoms with E-state index in [1.807, 2.05) is 0 Å². The Morgan fingerprint density at radius 3 is 2.23 bits per heavy atom. The lowest BCUT2D eigenvalue weighted by atomic mass is 9.89. The van der Waals surface area contributed by atoms with Crippen molar-refractivity contribution in [3.63, 3.8) is 0 Å². The summed E-state index contributed by atoms with van der Waals surface area (Å²) < 4.78 is 121. The predicted molar refractivity (Wildman–Crippen MR) is 112 cm³/mol. The van der Waals surface area contributed by atoms with E-state index >= 15 is 0 Å². The van der Waals surface area contributed by atoms with Gasteiger partial charge in [-0.1, -0.05) is 12.1 Å². The summed E-state index contributed by atoms with van der Waals surface area (Å²) >= 11 is 0. The smallest absolute Gasteiger partial charge is 0.381 e. The highest BCUT2D eigenvalue weighted by atomic mass is 19.4. The van der Waals surface area contributed by atoms with Crippen LogP contribution >= 0.6 is 0 Å². The summed E-state index contributed by atoms with van der Waals surface area (Å²) in [4.78, 5) is 33.7. The Hall–Kier alpha value is -4.09. The quantitative estimate of drug-likeness (QED) is 0.358. The Morgan fingerprint density at radius 1 is 1.10 bits per heavy atom. The van der Waals surface area contributed by atoms with Crippen molar-refractivity contribution in [2.45, 2.75) is 38.0 Å². The number of carbonyl (C=O) groups is 2. The first kappa shape index (κ1) is 29.5. The molecule has 39 heavy (non-hydrogen) atoms. The molecular formula is C21H16F9N5O4. The lowest BCUT2D eigenvalue weighted by Gasteiger charge is -2.34. The SMILES string of the molecule is CC(=O)N(CC(O)(c1ccc(C)c(-c2cnc3c(N)nc(C(F)(F)F)cn23)c1)C(F)(F)F)OC(=O)C(F)(F)F. The highest BCUT2D eigenvalue weighted by molar-refractivity contribution is 5.79. The van der Waals surface area contributed by atoms with Crippen LogP contribution in [-0.2, 0) is 26.2 Å². The average Bonchev–Trinajstić information content (AvgIpc) is 3.21. The molecule has 1 atom stereocenters. The zero-order chi connectivity index (χ0) is 29.7. The molecule has 0 saturated heterocycles. The molecule has 3 N–H and O–H groups in total. The van der Waals surface area contributed by atoms with E-state index in [2.05, 4.69) is 14.8 Å². The zero-order valence-corrected chi connectivity index (χ0v) is 19.5. The molecular weight excluding hydrogens is 557 g/mol. The van der Waals surface area contributed by atoms with Crippen LogP contribution in [0.1, 0.15) is 23.7 Å². The van der Waals surface area contributed by atoms with Gasteiger partial charge in [-0.3, -0.25) is 9.20 Å². The van der Waals surface area contributed by atoms with Gasteiger partial charge in [0, 0.05) is 18.7 Å². The predicted octanol–water partition coefficient (Wildman–Crippen LogP) is 3.92. The summed E-state index contributed by atoms with van der Waals surface area (Å²) in [5, 5.41) is 10.1. The molecule has 9 nitrogen and oxygen atoms in total. The van der Waals surface area contributed by atoms with Crippen LogP contribution in [-0.4, -0.2) is 55.3 Å². The van der Waals surface area contributed by atoms with E-state index < -0.39 is 64.7 Å². The molecule has 1 aromatic carbocycles. The summed E-state index contributed by atoms with van der Waals surface area (Å²) in [6.45, 7) is -0.179. The number of hydrogen-bond acceptors (Lipinski definition) is 7. The number of nitrogen functional groups attached to an aromatic ring is 1. The summed E-state index contributed by atoms with van der Waals surface area (Å²) in [5.41, 5.74) is -1.62. The fourth-order valence-corrected chi connectivity index (χ4v) is 3.42. The first-order chi connectivity index (χ1) is 17.7. The molecule has 3 rings (SSSR count). The molecule has 18 heteroatoms. The van der Waals surface area contributed by atoms with Gasteiger partial charge in [0.2, 0.25) is 5.60 Å². The van der Waals surface area contributed by atoms with Gasteiger partial charge >= 0.3 is 24.5 Å². The maximum absolute atomic E-state index is 14.1. The Morgan fingerprint density at radius 2 is 1.72 bits per heavy atom. The van der Waals surface area contributed by atoms with Crippen molar-refractivity contribution in [2.24, 2.45) is 0 Å². The van der Waals surface area contributed by atoms with Gasteiger partial charge < -0.3 is 15.7 Å². The van der Waals surface area contributed by atoms with E-state index in [9.17, 15) is 54.2 Å². The zero-order valence-electron chi connectivity index (χ0n) is 19.5. The van der Waals surface area contributed by atoms with Gasteiger partial charge in [0.15, 0.2) is 17.2 Å². The summed E-state index contributed by atoms with van der Waals surface area (Å²) in [6, 6.07) is 2.42. The molecule has 2 heterocycles. The number of hydrogen-bond donors (Lipinski definition) is 2.